The van der Waals surface area contributed by atoms with Crippen LogP contribution in [0, 0.1) is 0 Å². The topological polar surface area (TPSA) is 84.7 Å². The van der Waals surface area contributed by atoms with E-state index >= 15 is 0 Å². The summed E-state index contributed by atoms with van der Waals surface area (Å²) in [6, 6.07) is -0.0356. The van der Waals surface area contributed by atoms with E-state index in [1.54, 1.807) is 0 Å². The molecule has 0 aromatic heterocycles. The number of ether oxygens (including phenoxy) is 1. The fourth-order valence-electron chi connectivity index (χ4n) is 1.79. The predicted octanol–water partition coefficient (Wildman–Crippen LogP) is -0.913. The first kappa shape index (κ1) is 13.9. The summed E-state index contributed by atoms with van der Waals surface area (Å²) in [4.78, 5) is 24.4. The van der Waals surface area contributed by atoms with Crippen molar-refractivity contribution in [2.45, 2.75) is 32.4 Å². The normalized spacial score (nSPS) is 20.3. The van der Waals surface area contributed by atoms with Crippen molar-refractivity contribution in [3.05, 3.63) is 0 Å². The molecule has 1 aliphatic rings. The molecule has 1 atom stereocenters. The van der Waals surface area contributed by atoms with E-state index < -0.39 is 5.91 Å². The maximum Gasteiger partial charge on any atom is 0.237 e. The molecular formula is C11H21N3O3. The van der Waals surface area contributed by atoms with Gasteiger partial charge in [0.05, 0.1) is 25.7 Å². The van der Waals surface area contributed by atoms with Gasteiger partial charge in [-0.25, -0.2) is 0 Å². The molecule has 6 nitrogen and oxygen atoms in total. The predicted molar refractivity (Wildman–Crippen MR) is 63.3 cm³/mol. The minimum Gasteiger partial charge on any atom is -0.375 e. The Hall–Kier alpha value is -1.14. The summed E-state index contributed by atoms with van der Waals surface area (Å²) < 4.78 is 5.46. The van der Waals surface area contributed by atoms with Crippen LogP contribution in [0.15, 0.2) is 0 Å². The zero-order valence-electron chi connectivity index (χ0n) is 10.4. The van der Waals surface area contributed by atoms with Crippen molar-refractivity contribution < 1.29 is 14.3 Å². The lowest BCUT2D eigenvalue weighted by Crippen LogP contribution is -2.46. The Kier molecular flexibility index (Phi) is 5.37. The van der Waals surface area contributed by atoms with Gasteiger partial charge in [0, 0.05) is 19.1 Å². The van der Waals surface area contributed by atoms with Crippen LogP contribution in [0.3, 0.4) is 0 Å². The fraction of sp³-hybridized carbons (Fsp3) is 0.818. The van der Waals surface area contributed by atoms with Gasteiger partial charge in [0.25, 0.3) is 0 Å². The Labute approximate surface area is 101 Å². The maximum absolute atomic E-state index is 12.0. The number of hydrogen-bond donors (Lipinski definition) is 2. The first-order chi connectivity index (χ1) is 8.00. The van der Waals surface area contributed by atoms with Crippen LogP contribution in [0.4, 0.5) is 0 Å². The number of hydrogen-bond acceptors (Lipinski definition) is 4. The van der Waals surface area contributed by atoms with Gasteiger partial charge in [0.2, 0.25) is 11.8 Å². The maximum atomic E-state index is 12.0. The third kappa shape index (κ3) is 4.70. The zero-order valence-corrected chi connectivity index (χ0v) is 10.4. The Morgan fingerprint density at radius 2 is 2.24 bits per heavy atom. The van der Waals surface area contributed by atoms with Gasteiger partial charge in [0.1, 0.15) is 0 Å². The highest BCUT2D eigenvalue weighted by Gasteiger charge is 2.24. The van der Waals surface area contributed by atoms with E-state index in [0.29, 0.717) is 19.6 Å². The minimum atomic E-state index is -0.491. The molecule has 1 rings (SSSR count). The highest BCUT2D eigenvalue weighted by Crippen LogP contribution is 2.07. The quantitative estimate of drug-likeness (QED) is 0.654. The van der Waals surface area contributed by atoms with E-state index in [9.17, 15) is 9.59 Å². The highest BCUT2D eigenvalue weighted by molar-refractivity contribution is 5.84. The molecule has 2 amide bonds. The number of morpholine rings is 1. The molecular weight excluding hydrogens is 222 g/mol. The van der Waals surface area contributed by atoms with E-state index in [4.69, 9.17) is 10.5 Å². The van der Waals surface area contributed by atoms with Crippen LogP contribution in [0.25, 0.3) is 0 Å². The molecule has 98 valence electrons. The van der Waals surface area contributed by atoms with E-state index in [2.05, 4.69) is 5.32 Å². The van der Waals surface area contributed by atoms with Crippen LogP contribution in [0.1, 0.15) is 20.3 Å². The summed E-state index contributed by atoms with van der Waals surface area (Å²) in [7, 11) is 0. The van der Waals surface area contributed by atoms with E-state index in [1.807, 2.05) is 13.8 Å². The van der Waals surface area contributed by atoms with Crippen molar-refractivity contribution in [2.24, 2.45) is 5.73 Å². The van der Waals surface area contributed by atoms with Gasteiger partial charge in [-0.2, -0.15) is 0 Å². The van der Waals surface area contributed by atoms with E-state index in [-0.39, 0.29) is 24.6 Å². The van der Waals surface area contributed by atoms with Gasteiger partial charge in [0.15, 0.2) is 0 Å². The second-order valence-corrected chi connectivity index (χ2v) is 4.48. The van der Waals surface area contributed by atoms with Crippen LogP contribution < -0.4 is 11.1 Å². The Morgan fingerprint density at radius 1 is 1.53 bits per heavy atom. The summed E-state index contributed by atoms with van der Waals surface area (Å²) in [5, 5.41) is 3.16. The monoisotopic (exact) mass is 243 g/mol. The Balaban J connectivity index is 2.49. The fourth-order valence-corrected chi connectivity index (χ4v) is 1.79. The lowest BCUT2D eigenvalue weighted by Gasteiger charge is -2.29. The number of nitrogens with zero attached hydrogens (tertiary/aromatic N) is 1. The smallest absolute Gasteiger partial charge is 0.237 e. The molecule has 0 spiro atoms. The SMILES string of the molecule is CC(C)N(CC(N)=O)C(=O)CC1CNCCO1. The Morgan fingerprint density at radius 3 is 2.71 bits per heavy atom. The standard InChI is InChI=1S/C11H21N3O3/c1-8(2)14(7-10(12)15)11(16)5-9-6-13-3-4-17-9/h8-9,13H,3-7H2,1-2H3,(H2,12,15). The molecule has 1 unspecified atom stereocenters. The molecule has 17 heavy (non-hydrogen) atoms. The van der Waals surface area contributed by atoms with Crippen LogP contribution in [0.5, 0.6) is 0 Å². The van der Waals surface area contributed by atoms with Crippen molar-refractivity contribution in [1.29, 1.82) is 0 Å². The lowest BCUT2D eigenvalue weighted by molar-refractivity contribution is -0.139. The number of nitrogens with one attached hydrogen (secondary N) is 1. The van der Waals surface area contributed by atoms with Crippen LogP contribution in [-0.4, -0.2) is 55.1 Å². The van der Waals surface area contributed by atoms with Gasteiger partial charge < -0.3 is 20.7 Å². The second kappa shape index (κ2) is 6.56. The summed E-state index contributed by atoms with van der Waals surface area (Å²) >= 11 is 0. The zero-order chi connectivity index (χ0) is 12.8. The largest absolute Gasteiger partial charge is 0.375 e. The van der Waals surface area contributed by atoms with Crippen molar-refractivity contribution in [3.8, 4) is 0 Å². The molecule has 0 aromatic rings. The number of primary amides is 1. The summed E-state index contributed by atoms with van der Waals surface area (Å²) in [5.74, 6) is -0.581. The third-order valence-corrected chi connectivity index (χ3v) is 2.68. The molecule has 3 N–H and O–H groups in total. The number of rotatable bonds is 5. The van der Waals surface area contributed by atoms with E-state index in [0.717, 1.165) is 6.54 Å². The molecule has 0 aromatic carbocycles. The number of carbonyl (C=O) groups excluding carboxylic acids is 2. The van der Waals surface area contributed by atoms with Gasteiger partial charge in [-0.1, -0.05) is 0 Å². The average Bonchev–Trinajstić information content (AvgIpc) is 2.26. The van der Waals surface area contributed by atoms with Crippen molar-refractivity contribution in [2.75, 3.05) is 26.2 Å². The van der Waals surface area contributed by atoms with Crippen LogP contribution >= 0.6 is 0 Å². The molecule has 0 radical (unpaired) electrons. The molecule has 6 heteroatoms. The minimum absolute atomic E-state index is 0.0311. The lowest BCUT2D eigenvalue weighted by atomic mass is 10.2. The number of amides is 2. The molecule has 1 aliphatic heterocycles. The number of carbonyl (C=O) groups is 2. The first-order valence-corrected chi connectivity index (χ1v) is 5.90. The molecule has 0 bridgehead atoms. The van der Waals surface area contributed by atoms with Gasteiger partial charge >= 0.3 is 0 Å². The van der Waals surface area contributed by atoms with E-state index in [1.165, 1.54) is 4.90 Å². The molecule has 0 aliphatic carbocycles. The van der Waals surface area contributed by atoms with Crippen LogP contribution in [0.2, 0.25) is 0 Å². The average molecular weight is 243 g/mol. The molecule has 1 fully saturated rings. The molecule has 1 heterocycles. The third-order valence-electron chi connectivity index (χ3n) is 2.68. The molecule has 1 saturated heterocycles. The van der Waals surface area contributed by atoms with Crippen molar-refractivity contribution in [1.82, 2.24) is 10.2 Å². The second-order valence-electron chi connectivity index (χ2n) is 4.48. The van der Waals surface area contributed by atoms with Gasteiger partial charge in [-0.3, -0.25) is 9.59 Å². The summed E-state index contributed by atoms with van der Waals surface area (Å²) in [6.45, 7) is 5.81. The first-order valence-electron chi connectivity index (χ1n) is 5.90. The van der Waals surface area contributed by atoms with Gasteiger partial charge in [-0.05, 0) is 13.8 Å². The van der Waals surface area contributed by atoms with Crippen molar-refractivity contribution >= 4 is 11.8 Å². The van der Waals surface area contributed by atoms with Gasteiger partial charge in [-0.15, -0.1) is 0 Å². The van der Waals surface area contributed by atoms with Crippen LogP contribution in [-0.2, 0) is 14.3 Å². The summed E-state index contributed by atoms with van der Waals surface area (Å²) in [5.41, 5.74) is 5.13. The van der Waals surface area contributed by atoms with Crippen molar-refractivity contribution in [3.63, 3.8) is 0 Å². The molecule has 0 saturated carbocycles. The Bertz CT molecular complexity index is 275. The highest BCUT2D eigenvalue weighted by atomic mass is 16.5. The summed E-state index contributed by atoms with van der Waals surface area (Å²) in [6.07, 6.45) is 0.184. The number of nitrogens with two attached hydrogens (primary N) is 1.